The zero-order chi connectivity index (χ0) is 17.1. The van der Waals surface area contributed by atoms with E-state index >= 15 is 0 Å². The van der Waals surface area contributed by atoms with Gasteiger partial charge in [0.05, 0.1) is 24.3 Å². The van der Waals surface area contributed by atoms with E-state index in [1.807, 2.05) is 6.92 Å². The van der Waals surface area contributed by atoms with Gasteiger partial charge in [0.25, 0.3) is 0 Å². The lowest BCUT2D eigenvalue weighted by molar-refractivity contribution is 0.0451. The summed E-state index contributed by atoms with van der Waals surface area (Å²) < 4.78 is 10.5. The van der Waals surface area contributed by atoms with Crippen molar-refractivity contribution in [1.29, 1.82) is 0 Å². The van der Waals surface area contributed by atoms with Gasteiger partial charge < -0.3 is 9.47 Å². The molecule has 0 atom stereocenters. The molecule has 0 saturated carbocycles. The normalized spacial score (nSPS) is 10.4. The monoisotopic (exact) mass is 320 g/mol. The van der Waals surface area contributed by atoms with Gasteiger partial charge in [-0.2, -0.15) is 0 Å². The van der Waals surface area contributed by atoms with Gasteiger partial charge in [0, 0.05) is 0 Å². The third-order valence-electron chi connectivity index (χ3n) is 3.58. The van der Waals surface area contributed by atoms with Gasteiger partial charge >= 0.3 is 11.9 Å². The molecule has 0 fully saturated rings. The van der Waals surface area contributed by atoms with Crippen molar-refractivity contribution in [3.63, 3.8) is 0 Å². The fourth-order valence-electron chi connectivity index (χ4n) is 2.19. The van der Waals surface area contributed by atoms with E-state index in [4.69, 9.17) is 9.47 Å². The number of rotatable bonds is 10. The summed E-state index contributed by atoms with van der Waals surface area (Å²) in [6.07, 6.45) is 5.85. The van der Waals surface area contributed by atoms with Crippen LogP contribution >= 0.6 is 0 Å². The molecule has 0 aliphatic carbocycles. The maximum absolute atomic E-state index is 12.2. The quantitative estimate of drug-likeness (QED) is 0.463. The van der Waals surface area contributed by atoms with Gasteiger partial charge in [0.15, 0.2) is 0 Å². The molecule has 0 unspecified atom stereocenters. The van der Waals surface area contributed by atoms with Gasteiger partial charge in [-0.05, 0) is 31.9 Å². The summed E-state index contributed by atoms with van der Waals surface area (Å²) >= 11 is 0. The second-order valence-electron chi connectivity index (χ2n) is 5.74. The molecule has 4 heteroatoms. The van der Waals surface area contributed by atoms with Crippen LogP contribution in [0.2, 0.25) is 0 Å². The summed E-state index contributed by atoms with van der Waals surface area (Å²) in [6, 6.07) is 5.13. The summed E-state index contributed by atoms with van der Waals surface area (Å²) in [4.78, 5) is 24.4. The molecule has 4 nitrogen and oxygen atoms in total. The molecule has 1 rings (SSSR count). The smallest absolute Gasteiger partial charge is 0.339 e. The van der Waals surface area contributed by atoms with Crippen molar-refractivity contribution in [2.24, 2.45) is 0 Å². The van der Waals surface area contributed by atoms with Crippen molar-refractivity contribution in [2.45, 2.75) is 59.3 Å². The lowest BCUT2D eigenvalue weighted by atomic mass is 10.0. The molecule has 0 heterocycles. The Morgan fingerprint density at radius 3 is 1.87 bits per heavy atom. The Morgan fingerprint density at radius 1 is 0.826 bits per heavy atom. The van der Waals surface area contributed by atoms with E-state index in [-0.39, 0.29) is 5.56 Å². The molecular weight excluding hydrogens is 292 g/mol. The van der Waals surface area contributed by atoms with Crippen LogP contribution in [0.15, 0.2) is 18.2 Å². The second kappa shape index (κ2) is 10.8. The Morgan fingerprint density at radius 2 is 1.35 bits per heavy atom. The third kappa shape index (κ3) is 6.85. The molecule has 0 N–H and O–H groups in total. The van der Waals surface area contributed by atoms with Gasteiger partial charge in [-0.3, -0.25) is 0 Å². The van der Waals surface area contributed by atoms with Crippen LogP contribution in [0.25, 0.3) is 0 Å². The molecule has 0 aromatic heterocycles. The van der Waals surface area contributed by atoms with Crippen molar-refractivity contribution in [1.82, 2.24) is 0 Å². The molecule has 0 aliphatic heterocycles. The maximum atomic E-state index is 12.2. The molecule has 0 amide bonds. The Hall–Kier alpha value is -1.84. The minimum Gasteiger partial charge on any atom is -0.462 e. The number of aryl methyl sites for hydroxylation is 1. The molecule has 1 aromatic carbocycles. The highest BCUT2D eigenvalue weighted by Crippen LogP contribution is 2.15. The molecule has 0 radical (unpaired) electrons. The predicted molar refractivity (Wildman–Crippen MR) is 90.8 cm³/mol. The van der Waals surface area contributed by atoms with Crippen LogP contribution in [0.3, 0.4) is 0 Å². The van der Waals surface area contributed by atoms with E-state index in [1.165, 1.54) is 0 Å². The standard InChI is InChI=1S/C19H28O4/c1-4-6-8-12-22-18(20)16-11-10-15(3)14-17(16)19(21)23-13-9-7-5-2/h10-11,14H,4-9,12-13H2,1-3H3. The lowest BCUT2D eigenvalue weighted by Crippen LogP contribution is -2.15. The van der Waals surface area contributed by atoms with E-state index in [0.29, 0.717) is 18.8 Å². The number of carbonyl (C=O) groups excluding carboxylic acids is 2. The highest BCUT2D eigenvalue weighted by molar-refractivity contribution is 6.03. The summed E-state index contributed by atoms with van der Waals surface area (Å²) in [5, 5.41) is 0. The minimum absolute atomic E-state index is 0.285. The fourth-order valence-corrected chi connectivity index (χ4v) is 2.19. The predicted octanol–water partition coefficient (Wildman–Crippen LogP) is 4.69. The Labute approximate surface area is 139 Å². The maximum Gasteiger partial charge on any atom is 0.339 e. The van der Waals surface area contributed by atoms with E-state index in [1.54, 1.807) is 18.2 Å². The van der Waals surface area contributed by atoms with E-state index in [9.17, 15) is 9.59 Å². The second-order valence-corrected chi connectivity index (χ2v) is 5.74. The molecule has 1 aromatic rings. The Kier molecular flexibility index (Phi) is 9.03. The zero-order valence-corrected chi connectivity index (χ0v) is 14.5. The summed E-state index contributed by atoms with van der Waals surface area (Å²) in [5.74, 6) is -0.910. The van der Waals surface area contributed by atoms with Gasteiger partial charge in [0.2, 0.25) is 0 Å². The first-order valence-electron chi connectivity index (χ1n) is 8.55. The van der Waals surface area contributed by atoms with Crippen LogP contribution in [0.4, 0.5) is 0 Å². The first-order valence-corrected chi connectivity index (χ1v) is 8.55. The Balaban J connectivity index is 2.71. The van der Waals surface area contributed by atoms with Crippen LogP contribution in [-0.4, -0.2) is 25.2 Å². The third-order valence-corrected chi connectivity index (χ3v) is 3.58. The molecule has 0 bridgehead atoms. The van der Waals surface area contributed by atoms with Crippen LogP contribution in [0.5, 0.6) is 0 Å². The molecule has 0 aliphatic rings. The largest absolute Gasteiger partial charge is 0.462 e. The first kappa shape index (κ1) is 19.2. The Bertz CT molecular complexity index is 508. The van der Waals surface area contributed by atoms with Crippen molar-refractivity contribution in [3.8, 4) is 0 Å². The van der Waals surface area contributed by atoms with Crippen molar-refractivity contribution in [3.05, 3.63) is 34.9 Å². The van der Waals surface area contributed by atoms with Crippen LogP contribution in [0, 0.1) is 6.92 Å². The molecule has 0 saturated heterocycles. The van der Waals surface area contributed by atoms with Crippen LogP contribution in [-0.2, 0) is 9.47 Å². The van der Waals surface area contributed by atoms with Gasteiger partial charge in [-0.1, -0.05) is 51.2 Å². The SMILES string of the molecule is CCCCCOC(=O)c1ccc(C)cc1C(=O)OCCCCC. The number of benzene rings is 1. The zero-order valence-electron chi connectivity index (χ0n) is 14.5. The lowest BCUT2D eigenvalue weighted by Gasteiger charge is -2.10. The van der Waals surface area contributed by atoms with Crippen LogP contribution in [0.1, 0.15) is 78.7 Å². The summed E-state index contributed by atoms with van der Waals surface area (Å²) in [7, 11) is 0. The number of hydrogen-bond acceptors (Lipinski definition) is 4. The highest BCUT2D eigenvalue weighted by Gasteiger charge is 2.19. The first-order chi connectivity index (χ1) is 11.1. The molecular formula is C19H28O4. The average molecular weight is 320 g/mol. The number of hydrogen-bond donors (Lipinski definition) is 0. The molecule has 23 heavy (non-hydrogen) atoms. The highest BCUT2D eigenvalue weighted by atomic mass is 16.5. The number of carbonyl (C=O) groups is 2. The van der Waals surface area contributed by atoms with E-state index in [2.05, 4.69) is 13.8 Å². The van der Waals surface area contributed by atoms with Gasteiger partial charge in [0.1, 0.15) is 0 Å². The van der Waals surface area contributed by atoms with Crippen LogP contribution < -0.4 is 0 Å². The van der Waals surface area contributed by atoms with Crippen molar-refractivity contribution < 1.29 is 19.1 Å². The fraction of sp³-hybridized carbons (Fsp3) is 0.579. The van der Waals surface area contributed by atoms with Gasteiger partial charge in [-0.25, -0.2) is 9.59 Å². The topological polar surface area (TPSA) is 52.6 Å². The summed E-state index contributed by atoms with van der Waals surface area (Å²) in [5.41, 5.74) is 1.49. The average Bonchev–Trinajstić information content (AvgIpc) is 2.55. The van der Waals surface area contributed by atoms with E-state index < -0.39 is 11.9 Å². The number of esters is 2. The van der Waals surface area contributed by atoms with Crippen molar-refractivity contribution >= 4 is 11.9 Å². The minimum atomic E-state index is -0.457. The number of unbranched alkanes of at least 4 members (excludes halogenated alkanes) is 4. The number of ether oxygens (including phenoxy) is 2. The summed E-state index contributed by atoms with van der Waals surface area (Å²) in [6.45, 7) is 6.82. The van der Waals surface area contributed by atoms with Gasteiger partial charge in [-0.15, -0.1) is 0 Å². The van der Waals surface area contributed by atoms with Crippen molar-refractivity contribution in [2.75, 3.05) is 13.2 Å². The molecule has 0 spiro atoms. The van der Waals surface area contributed by atoms with E-state index in [0.717, 1.165) is 44.1 Å². The molecule has 128 valence electrons.